The van der Waals surface area contributed by atoms with Gasteiger partial charge in [0.2, 0.25) is 10.0 Å². The number of nitrogens with one attached hydrogen (secondary N) is 1. The zero-order valence-corrected chi connectivity index (χ0v) is 19.9. The number of rotatable bonds is 5. The Kier molecular flexibility index (Phi) is 8.53. The minimum Gasteiger partial charge on any atom is -0.373 e. The molecule has 0 amide bonds. The van der Waals surface area contributed by atoms with Gasteiger partial charge in [0.05, 0.1) is 24.5 Å². The van der Waals surface area contributed by atoms with E-state index >= 15 is 0 Å². The Labute approximate surface area is 185 Å². The second-order valence-electron chi connectivity index (χ2n) is 7.16. The van der Waals surface area contributed by atoms with E-state index in [0.29, 0.717) is 13.1 Å². The highest BCUT2D eigenvalue weighted by Crippen LogP contribution is 2.27. The normalized spacial score (nSPS) is 23.2. The van der Waals surface area contributed by atoms with Crippen molar-refractivity contribution in [1.82, 2.24) is 9.62 Å². The van der Waals surface area contributed by atoms with E-state index in [1.165, 1.54) is 5.56 Å². The van der Waals surface area contributed by atoms with Crippen LogP contribution in [0.2, 0.25) is 0 Å². The van der Waals surface area contributed by atoms with E-state index in [2.05, 4.69) is 27.3 Å². The van der Waals surface area contributed by atoms with Crippen LogP contribution < -0.4 is 10.2 Å². The summed E-state index contributed by atoms with van der Waals surface area (Å²) in [6, 6.07) is 8.28. The van der Waals surface area contributed by atoms with E-state index in [0.717, 1.165) is 31.2 Å². The molecule has 2 aliphatic heterocycles. The minimum absolute atomic E-state index is 0. The topological polar surface area (TPSA) is 74.2 Å². The van der Waals surface area contributed by atoms with Crippen molar-refractivity contribution in [3.8, 4) is 0 Å². The molecule has 2 aliphatic rings. The molecular formula is C19H31IN4O3S. The quantitative estimate of drug-likeness (QED) is 0.364. The van der Waals surface area contributed by atoms with Crippen molar-refractivity contribution in [2.45, 2.75) is 39.4 Å². The molecule has 0 radical (unpaired) electrons. The molecule has 2 heterocycles. The fourth-order valence-corrected chi connectivity index (χ4v) is 5.16. The zero-order valence-electron chi connectivity index (χ0n) is 16.8. The summed E-state index contributed by atoms with van der Waals surface area (Å²) in [6.07, 6.45) is 0.818. The van der Waals surface area contributed by atoms with Crippen LogP contribution in [0.25, 0.3) is 0 Å². The van der Waals surface area contributed by atoms with Gasteiger partial charge in [-0.15, -0.1) is 24.0 Å². The lowest BCUT2D eigenvalue weighted by Gasteiger charge is -2.34. The first kappa shape index (κ1) is 23.4. The molecule has 9 heteroatoms. The number of aliphatic imine (C=N–C) groups is 1. The van der Waals surface area contributed by atoms with Crippen LogP contribution in [0.4, 0.5) is 5.69 Å². The van der Waals surface area contributed by atoms with Crippen LogP contribution in [0.15, 0.2) is 29.3 Å². The van der Waals surface area contributed by atoms with E-state index in [1.54, 1.807) is 4.31 Å². The molecule has 1 aromatic carbocycles. The molecule has 1 saturated heterocycles. The van der Waals surface area contributed by atoms with E-state index in [9.17, 15) is 8.42 Å². The van der Waals surface area contributed by atoms with Gasteiger partial charge in [-0.3, -0.25) is 4.99 Å². The van der Waals surface area contributed by atoms with Crippen LogP contribution in [0.3, 0.4) is 0 Å². The summed E-state index contributed by atoms with van der Waals surface area (Å²) in [5, 5.41) is 3.29. The van der Waals surface area contributed by atoms with Crippen LogP contribution in [0, 0.1) is 0 Å². The number of morpholine rings is 1. The van der Waals surface area contributed by atoms with Gasteiger partial charge in [0.1, 0.15) is 0 Å². The average Bonchev–Trinajstić information content (AvgIpc) is 3.04. The summed E-state index contributed by atoms with van der Waals surface area (Å²) < 4.78 is 32.6. The highest BCUT2D eigenvalue weighted by molar-refractivity contribution is 14.0. The van der Waals surface area contributed by atoms with Gasteiger partial charge in [-0.05, 0) is 38.8 Å². The molecule has 0 aromatic heterocycles. The lowest BCUT2D eigenvalue weighted by molar-refractivity contribution is -0.0440. The highest BCUT2D eigenvalue weighted by Gasteiger charge is 2.30. The number of fused-ring (bicyclic) bond motifs is 1. The van der Waals surface area contributed by atoms with E-state index in [-0.39, 0.29) is 48.5 Å². The number of nitrogens with zero attached hydrogens (tertiary/aromatic N) is 3. The molecule has 7 nitrogen and oxygen atoms in total. The number of halogens is 1. The Balaban J connectivity index is 0.00000280. The van der Waals surface area contributed by atoms with Gasteiger partial charge in [0.25, 0.3) is 0 Å². The molecule has 0 bridgehead atoms. The average molecular weight is 522 g/mol. The number of sulfonamides is 1. The first-order valence-corrected chi connectivity index (χ1v) is 11.3. The summed E-state index contributed by atoms with van der Waals surface area (Å²) in [4.78, 5) is 6.75. The van der Waals surface area contributed by atoms with Crippen LogP contribution in [-0.4, -0.2) is 69.4 Å². The Morgan fingerprint density at radius 1 is 1.25 bits per heavy atom. The predicted molar refractivity (Wildman–Crippen MR) is 124 cm³/mol. The molecule has 28 heavy (non-hydrogen) atoms. The van der Waals surface area contributed by atoms with Crippen LogP contribution in [0.5, 0.6) is 0 Å². The first-order valence-electron chi connectivity index (χ1n) is 9.67. The van der Waals surface area contributed by atoms with Crippen LogP contribution in [-0.2, 0) is 21.2 Å². The van der Waals surface area contributed by atoms with E-state index in [4.69, 9.17) is 4.74 Å². The second kappa shape index (κ2) is 10.2. The molecule has 3 rings (SSSR count). The molecule has 158 valence electrons. The molecule has 0 spiro atoms. The number of ether oxygens (including phenoxy) is 1. The molecule has 2 atom stereocenters. The van der Waals surface area contributed by atoms with Gasteiger partial charge in [-0.2, -0.15) is 4.31 Å². The third-order valence-electron chi connectivity index (χ3n) is 4.87. The highest BCUT2D eigenvalue weighted by atomic mass is 127. The molecule has 1 N–H and O–H groups in total. The van der Waals surface area contributed by atoms with Crippen LogP contribution in [0.1, 0.15) is 26.3 Å². The molecule has 0 saturated carbocycles. The standard InChI is InChI=1S/C19H30N4O3S.HI/c1-4-20-19(23-11-9-17-7-5-6-8-18(17)23)21-10-12-27(24,25)22-13-15(2)26-16(3)14-22;/h5-8,15-16H,4,9-14H2,1-3H3,(H,20,21);1H. The lowest BCUT2D eigenvalue weighted by atomic mass is 10.2. The number of hydrogen-bond acceptors (Lipinski definition) is 4. The van der Waals surface area contributed by atoms with Crippen molar-refractivity contribution in [3.63, 3.8) is 0 Å². The number of para-hydroxylation sites is 1. The minimum atomic E-state index is -3.34. The number of anilines is 1. The number of guanidine groups is 1. The van der Waals surface area contributed by atoms with Crippen molar-refractivity contribution < 1.29 is 13.2 Å². The second-order valence-corrected chi connectivity index (χ2v) is 9.24. The Morgan fingerprint density at radius 3 is 2.61 bits per heavy atom. The van der Waals surface area contributed by atoms with Crippen LogP contribution >= 0.6 is 24.0 Å². The fourth-order valence-electron chi connectivity index (χ4n) is 3.71. The lowest BCUT2D eigenvalue weighted by Crippen LogP contribution is -2.49. The van der Waals surface area contributed by atoms with E-state index in [1.807, 2.05) is 32.9 Å². The summed E-state index contributed by atoms with van der Waals surface area (Å²) in [5.41, 5.74) is 2.45. The zero-order chi connectivity index (χ0) is 19.4. The Hall–Kier alpha value is -0.910. The smallest absolute Gasteiger partial charge is 0.216 e. The van der Waals surface area contributed by atoms with Crippen molar-refractivity contribution in [1.29, 1.82) is 0 Å². The predicted octanol–water partition coefficient (Wildman–Crippen LogP) is 2.07. The van der Waals surface area contributed by atoms with Crippen molar-refractivity contribution in [2.75, 3.05) is 43.4 Å². The van der Waals surface area contributed by atoms with Gasteiger partial charge in [-0.25, -0.2) is 8.42 Å². The van der Waals surface area contributed by atoms with Gasteiger partial charge in [-0.1, -0.05) is 18.2 Å². The largest absolute Gasteiger partial charge is 0.373 e. The number of benzene rings is 1. The van der Waals surface area contributed by atoms with E-state index < -0.39 is 10.0 Å². The van der Waals surface area contributed by atoms with Gasteiger partial charge in [0.15, 0.2) is 5.96 Å². The summed E-state index contributed by atoms with van der Waals surface area (Å²) >= 11 is 0. The van der Waals surface area contributed by atoms with Crippen molar-refractivity contribution in [3.05, 3.63) is 29.8 Å². The maximum atomic E-state index is 12.7. The monoisotopic (exact) mass is 522 g/mol. The molecular weight excluding hydrogens is 491 g/mol. The maximum absolute atomic E-state index is 12.7. The van der Waals surface area contributed by atoms with Gasteiger partial charge >= 0.3 is 0 Å². The summed E-state index contributed by atoms with van der Waals surface area (Å²) in [5.74, 6) is 0.762. The first-order chi connectivity index (χ1) is 12.9. The molecule has 2 unspecified atom stereocenters. The molecule has 0 aliphatic carbocycles. The Bertz CT molecular complexity index is 777. The summed E-state index contributed by atoms with van der Waals surface area (Å²) in [7, 11) is -3.34. The summed E-state index contributed by atoms with van der Waals surface area (Å²) in [6.45, 7) is 8.49. The SMILES string of the molecule is CCNC(=NCCS(=O)(=O)N1CC(C)OC(C)C1)N1CCc2ccccc21.I. The third kappa shape index (κ3) is 5.58. The van der Waals surface area contributed by atoms with Crippen molar-refractivity contribution >= 4 is 45.6 Å². The molecule has 1 aromatic rings. The van der Waals surface area contributed by atoms with Gasteiger partial charge in [0, 0.05) is 31.9 Å². The maximum Gasteiger partial charge on any atom is 0.216 e. The molecule has 1 fully saturated rings. The fraction of sp³-hybridized carbons (Fsp3) is 0.632. The van der Waals surface area contributed by atoms with Crippen molar-refractivity contribution in [2.24, 2.45) is 4.99 Å². The van der Waals surface area contributed by atoms with Gasteiger partial charge < -0.3 is 15.0 Å². The Morgan fingerprint density at radius 2 is 1.93 bits per heavy atom. The number of hydrogen-bond donors (Lipinski definition) is 1. The third-order valence-corrected chi connectivity index (χ3v) is 6.65.